The van der Waals surface area contributed by atoms with E-state index in [-0.39, 0.29) is 6.54 Å². The summed E-state index contributed by atoms with van der Waals surface area (Å²) in [6.45, 7) is 4.58. The van der Waals surface area contributed by atoms with Gasteiger partial charge in [-0.05, 0) is 13.3 Å². The van der Waals surface area contributed by atoms with Crippen LogP contribution in [-0.2, 0) is 14.3 Å². The predicted molar refractivity (Wildman–Crippen MR) is 111 cm³/mol. The SMILES string of the molecule is CCCCCCCCCCCCCCCCCOC(=O)CNC(=O)OCC. The van der Waals surface area contributed by atoms with E-state index in [0.29, 0.717) is 13.2 Å². The molecule has 1 amide bonds. The van der Waals surface area contributed by atoms with Crippen molar-refractivity contribution in [1.82, 2.24) is 5.32 Å². The molecule has 0 aromatic heterocycles. The number of ether oxygens (including phenoxy) is 2. The number of carbonyl (C=O) groups is 2. The number of amides is 1. The van der Waals surface area contributed by atoms with E-state index in [1.54, 1.807) is 6.92 Å². The summed E-state index contributed by atoms with van der Waals surface area (Å²) in [5, 5.41) is 2.35. The fraction of sp³-hybridized carbons (Fsp3) is 0.909. The number of carbonyl (C=O) groups excluding carboxylic acids is 2. The van der Waals surface area contributed by atoms with E-state index in [2.05, 4.69) is 17.0 Å². The molecule has 1 N–H and O–H groups in total. The first-order valence-corrected chi connectivity index (χ1v) is 11.3. The molecule has 27 heavy (non-hydrogen) atoms. The maximum atomic E-state index is 11.4. The Balaban J connectivity index is 3.16. The lowest BCUT2D eigenvalue weighted by atomic mass is 10.0. The molecule has 0 heterocycles. The van der Waals surface area contributed by atoms with E-state index in [9.17, 15) is 9.59 Å². The summed E-state index contributed by atoms with van der Waals surface area (Å²) in [6, 6.07) is 0. The number of alkyl carbamates (subject to hydrolysis) is 1. The average molecular weight is 386 g/mol. The highest BCUT2D eigenvalue weighted by Crippen LogP contribution is 2.13. The van der Waals surface area contributed by atoms with Gasteiger partial charge in [-0.1, -0.05) is 96.8 Å². The van der Waals surface area contributed by atoms with Crippen molar-refractivity contribution in [2.45, 2.75) is 110 Å². The van der Waals surface area contributed by atoms with Crippen LogP contribution in [0.15, 0.2) is 0 Å². The molecule has 0 aliphatic carbocycles. The van der Waals surface area contributed by atoms with Crippen molar-refractivity contribution >= 4 is 12.1 Å². The third kappa shape index (κ3) is 20.9. The zero-order valence-corrected chi connectivity index (χ0v) is 17.9. The predicted octanol–water partition coefficient (Wildman–Crippen LogP) is 6.15. The molecule has 0 saturated carbocycles. The third-order valence-corrected chi connectivity index (χ3v) is 4.66. The molecule has 0 atom stereocenters. The molecule has 0 rings (SSSR count). The van der Waals surface area contributed by atoms with Gasteiger partial charge in [-0.2, -0.15) is 0 Å². The molecular formula is C22H43NO4. The van der Waals surface area contributed by atoms with Gasteiger partial charge in [-0.3, -0.25) is 4.79 Å². The summed E-state index contributed by atoms with van der Waals surface area (Å²) < 4.78 is 9.74. The van der Waals surface area contributed by atoms with Crippen molar-refractivity contribution < 1.29 is 19.1 Å². The highest BCUT2D eigenvalue weighted by molar-refractivity contribution is 5.77. The maximum Gasteiger partial charge on any atom is 0.407 e. The minimum Gasteiger partial charge on any atom is -0.464 e. The van der Waals surface area contributed by atoms with E-state index in [1.165, 1.54) is 83.5 Å². The molecule has 0 radical (unpaired) electrons. The van der Waals surface area contributed by atoms with Crippen LogP contribution in [0.3, 0.4) is 0 Å². The van der Waals surface area contributed by atoms with Gasteiger partial charge in [-0.25, -0.2) is 4.79 Å². The van der Waals surface area contributed by atoms with Crippen LogP contribution in [0, 0.1) is 0 Å². The van der Waals surface area contributed by atoms with E-state index in [0.717, 1.165) is 12.8 Å². The molecule has 0 saturated heterocycles. The molecular weight excluding hydrogens is 342 g/mol. The molecule has 0 aliphatic heterocycles. The highest BCUT2D eigenvalue weighted by Gasteiger charge is 2.06. The lowest BCUT2D eigenvalue weighted by Gasteiger charge is -2.06. The number of unbranched alkanes of at least 4 members (excludes halogenated alkanes) is 14. The molecule has 5 nitrogen and oxygen atoms in total. The van der Waals surface area contributed by atoms with E-state index in [4.69, 9.17) is 4.74 Å². The zero-order valence-electron chi connectivity index (χ0n) is 17.9. The number of esters is 1. The van der Waals surface area contributed by atoms with E-state index in [1.807, 2.05) is 0 Å². The van der Waals surface area contributed by atoms with E-state index >= 15 is 0 Å². The zero-order chi connectivity index (χ0) is 20.0. The van der Waals surface area contributed by atoms with Gasteiger partial charge in [0.15, 0.2) is 0 Å². The quantitative estimate of drug-likeness (QED) is 0.214. The van der Waals surface area contributed by atoms with Crippen LogP contribution in [0.25, 0.3) is 0 Å². The van der Waals surface area contributed by atoms with Crippen molar-refractivity contribution in [2.75, 3.05) is 19.8 Å². The molecule has 160 valence electrons. The Bertz CT molecular complexity index is 347. The van der Waals surface area contributed by atoms with Crippen molar-refractivity contribution in [3.05, 3.63) is 0 Å². The summed E-state index contributed by atoms with van der Waals surface area (Å²) in [6.07, 6.45) is 19.1. The van der Waals surface area contributed by atoms with Crippen molar-refractivity contribution in [3.63, 3.8) is 0 Å². The Labute approximate surface area is 167 Å². The van der Waals surface area contributed by atoms with Gasteiger partial charge in [0.1, 0.15) is 6.54 Å². The van der Waals surface area contributed by atoms with Gasteiger partial charge in [0.25, 0.3) is 0 Å². The molecule has 0 spiro atoms. The number of rotatable bonds is 19. The largest absolute Gasteiger partial charge is 0.464 e. The number of hydrogen-bond acceptors (Lipinski definition) is 4. The Hall–Kier alpha value is -1.26. The van der Waals surface area contributed by atoms with Crippen LogP contribution in [-0.4, -0.2) is 31.8 Å². The van der Waals surface area contributed by atoms with Crippen LogP contribution >= 0.6 is 0 Å². The van der Waals surface area contributed by atoms with Gasteiger partial charge in [0.05, 0.1) is 13.2 Å². The third-order valence-electron chi connectivity index (χ3n) is 4.66. The van der Waals surface area contributed by atoms with Crippen LogP contribution in [0.1, 0.15) is 110 Å². The molecule has 0 aromatic carbocycles. The Morgan fingerprint density at radius 2 is 1.07 bits per heavy atom. The standard InChI is InChI=1S/C22H43NO4/c1-3-5-6-7-8-9-10-11-12-13-14-15-16-17-18-19-27-21(24)20-23-22(25)26-4-2/h3-20H2,1-2H3,(H,23,25). The second-order valence-corrected chi connectivity index (χ2v) is 7.24. The highest BCUT2D eigenvalue weighted by atomic mass is 16.6. The van der Waals surface area contributed by atoms with E-state index < -0.39 is 12.1 Å². The van der Waals surface area contributed by atoms with Crippen molar-refractivity contribution in [3.8, 4) is 0 Å². The van der Waals surface area contributed by atoms with Gasteiger partial charge in [-0.15, -0.1) is 0 Å². The fourth-order valence-corrected chi connectivity index (χ4v) is 3.04. The van der Waals surface area contributed by atoms with Gasteiger partial charge in [0.2, 0.25) is 0 Å². The summed E-state index contributed by atoms with van der Waals surface area (Å²) in [5.41, 5.74) is 0. The Kier molecular flexibility index (Phi) is 20.1. The van der Waals surface area contributed by atoms with Crippen molar-refractivity contribution in [2.24, 2.45) is 0 Å². The molecule has 0 fully saturated rings. The van der Waals surface area contributed by atoms with Crippen LogP contribution < -0.4 is 5.32 Å². The topological polar surface area (TPSA) is 64.6 Å². The first-order chi connectivity index (χ1) is 13.2. The van der Waals surface area contributed by atoms with Gasteiger partial charge >= 0.3 is 12.1 Å². The summed E-state index contributed by atoms with van der Waals surface area (Å²) >= 11 is 0. The minimum atomic E-state index is -0.582. The van der Waals surface area contributed by atoms with Crippen LogP contribution in [0.2, 0.25) is 0 Å². The van der Waals surface area contributed by atoms with Crippen LogP contribution in [0.5, 0.6) is 0 Å². The Morgan fingerprint density at radius 1 is 0.630 bits per heavy atom. The average Bonchev–Trinajstić information content (AvgIpc) is 2.66. The fourth-order valence-electron chi connectivity index (χ4n) is 3.04. The molecule has 0 unspecified atom stereocenters. The van der Waals surface area contributed by atoms with Crippen molar-refractivity contribution in [1.29, 1.82) is 0 Å². The lowest BCUT2D eigenvalue weighted by Crippen LogP contribution is -2.31. The second-order valence-electron chi connectivity index (χ2n) is 7.24. The molecule has 0 aliphatic rings. The summed E-state index contributed by atoms with van der Waals surface area (Å²) in [4.78, 5) is 22.4. The normalized spacial score (nSPS) is 10.6. The smallest absolute Gasteiger partial charge is 0.407 e. The monoisotopic (exact) mass is 385 g/mol. The maximum absolute atomic E-state index is 11.4. The summed E-state index contributed by atoms with van der Waals surface area (Å²) in [5.74, 6) is -0.409. The second kappa shape index (κ2) is 21.0. The lowest BCUT2D eigenvalue weighted by molar-refractivity contribution is -0.142. The molecule has 5 heteroatoms. The summed E-state index contributed by atoms with van der Waals surface area (Å²) in [7, 11) is 0. The molecule has 0 bridgehead atoms. The van der Waals surface area contributed by atoms with Gasteiger partial charge < -0.3 is 14.8 Å². The van der Waals surface area contributed by atoms with Crippen LogP contribution in [0.4, 0.5) is 4.79 Å². The number of hydrogen-bond donors (Lipinski definition) is 1. The molecule has 0 aromatic rings. The van der Waals surface area contributed by atoms with Gasteiger partial charge in [0, 0.05) is 0 Å². The first kappa shape index (κ1) is 25.7. The first-order valence-electron chi connectivity index (χ1n) is 11.3. The Morgan fingerprint density at radius 3 is 1.52 bits per heavy atom. The number of nitrogens with one attached hydrogen (secondary N) is 1. The minimum absolute atomic E-state index is 0.127.